The van der Waals surface area contributed by atoms with Crippen molar-refractivity contribution in [2.24, 2.45) is 0 Å². The highest BCUT2D eigenvalue weighted by molar-refractivity contribution is 5.78. The molecule has 25 heavy (non-hydrogen) atoms. The van der Waals surface area contributed by atoms with Gasteiger partial charge >= 0.3 is 0 Å². The highest BCUT2D eigenvalue weighted by Gasteiger charge is 2.38. The van der Waals surface area contributed by atoms with Gasteiger partial charge < -0.3 is 14.7 Å². The van der Waals surface area contributed by atoms with Crippen molar-refractivity contribution in [2.75, 3.05) is 26.3 Å². The van der Waals surface area contributed by atoms with Gasteiger partial charge in [0, 0.05) is 13.0 Å². The molecule has 2 heterocycles. The third-order valence-electron chi connectivity index (χ3n) is 4.60. The summed E-state index contributed by atoms with van der Waals surface area (Å²) in [6.45, 7) is 4.89. The predicted octanol–water partition coefficient (Wildman–Crippen LogP) is 1.06. The molecule has 7 nitrogen and oxygen atoms in total. The fourth-order valence-corrected chi connectivity index (χ4v) is 3.06. The minimum absolute atomic E-state index is 0.0659. The molecule has 0 unspecified atom stereocenters. The molecule has 0 aliphatic carbocycles. The van der Waals surface area contributed by atoms with Crippen molar-refractivity contribution in [3.05, 3.63) is 46.8 Å². The Morgan fingerprint density at radius 3 is 2.68 bits per heavy atom. The summed E-state index contributed by atoms with van der Waals surface area (Å²) in [6.07, 6.45) is 0.694. The number of rotatable bonds is 5. The third-order valence-corrected chi connectivity index (χ3v) is 4.60. The van der Waals surface area contributed by atoms with E-state index in [0.717, 1.165) is 5.56 Å². The first-order valence-corrected chi connectivity index (χ1v) is 8.37. The van der Waals surface area contributed by atoms with Crippen molar-refractivity contribution >= 4 is 5.91 Å². The second-order valence-corrected chi connectivity index (χ2v) is 6.64. The fourth-order valence-electron chi connectivity index (χ4n) is 3.06. The molecule has 3 rings (SSSR count). The Bertz CT molecular complexity index is 728. The molecular weight excluding hydrogens is 322 g/mol. The summed E-state index contributed by atoms with van der Waals surface area (Å²) < 4.78 is 10.5. The van der Waals surface area contributed by atoms with E-state index in [1.165, 1.54) is 5.56 Å². The van der Waals surface area contributed by atoms with E-state index in [0.29, 0.717) is 37.5 Å². The second-order valence-electron chi connectivity index (χ2n) is 6.64. The number of hydrogen-bond acceptors (Lipinski definition) is 6. The van der Waals surface area contributed by atoms with E-state index in [2.05, 4.69) is 14.9 Å². The highest BCUT2D eigenvalue weighted by atomic mass is 16.6. The Hall–Kier alpha value is -2.25. The van der Waals surface area contributed by atoms with Gasteiger partial charge in [-0.3, -0.25) is 4.79 Å². The van der Waals surface area contributed by atoms with Crippen LogP contribution in [0.4, 0.5) is 0 Å². The summed E-state index contributed by atoms with van der Waals surface area (Å²) in [6, 6.07) is 8.13. The summed E-state index contributed by atoms with van der Waals surface area (Å²) in [7, 11) is 0. The highest BCUT2D eigenvalue weighted by Crippen LogP contribution is 2.24. The predicted molar refractivity (Wildman–Crippen MR) is 90.0 cm³/mol. The molecule has 0 radical (unpaired) electrons. The van der Waals surface area contributed by atoms with E-state index < -0.39 is 5.60 Å². The normalized spacial score (nSPS) is 20.7. The number of aliphatic hydroxyl groups is 1. The maximum absolute atomic E-state index is 12.6. The number of aliphatic hydroxyl groups excluding tert-OH is 1. The van der Waals surface area contributed by atoms with E-state index >= 15 is 0 Å². The SMILES string of the molecule is Cc1ccc(C[C@@]2(CO)CN(C(=O)Cc3nonc3C)CCO2)cc1. The first-order chi connectivity index (χ1) is 12.0. The third kappa shape index (κ3) is 4.05. The smallest absolute Gasteiger partial charge is 0.228 e. The van der Waals surface area contributed by atoms with Crippen molar-refractivity contribution < 1.29 is 19.3 Å². The van der Waals surface area contributed by atoms with Gasteiger partial charge in [0.2, 0.25) is 5.91 Å². The van der Waals surface area contributed by atoms with E-state index in [9.17, 15) is 9.90 Å². The molecule has 1 aliphatic rings. The van der Waals surface area contributed by atoms with Crippen LogP contribution >= 0.6 is 0 Å². The Kier molecular flexibility index (Phi) is 5.15. The first-order valence-electron chi connectivity index (χ1n) is 8.37. The number of carbonyl (C=O) groups excluding carboxylic acids is 1. The van der Waals surface area contributed by atoms with Gasteiger partial charge in [-0.1, -0.05) is 40.1 Å². The second kappa shape index (κ2) is 7.33. The van der Waals surface area contributed by atoms with E-state index in [1.807, 2.05) is 31.2 Å². The number of amides is 1. The molecular formula is C18H23N3O4. The van der Waals surface area contributed by atoms with Crippen LogP contribution in [0, 0.1) is 13.8 Å². The average Bonchev–Trinajstić information content (AvgIpc) is 3.02. The van der Waals surface area contributed by atoms with Crippen molar-refractivity contribution in [1.82, 2.24) is 15.2 Å². The quantitative estimate of drug-likeness (QED) is 0.872. The number of ether oxygens (including phenoxy) is 1. The van der Waals surface area contributed by atoms with Crippen LogP contribution in [0.1, 0.15) is 22.5 Å². The minimum atomic E-state index is -0.777. The Morgan fingerprint density at radius 1 is 1.28 bits per heavy atom. The monoisotopic (exact) mass is 345 g/mol. The maximum Gasteiger partial charge on any atom is 0.228 e. The molecule has 1 fully saturated rings. The summed E-state index contributed by atoms with van der Waals surface area (Å²) >= 11 is 0. The molecule has 0 saturated carbocycles. The standard InChI is InChI=1S/C18H23N3O4/c1-13-3-5-15(6-4-13)10-18(12-22)11-21(7-8-24-18)17(23)9-16-14(2)19-25-20-16/h3-6,22H,7-12H2,1-2H3/t18-/m0/s1. The number of morpholine rings is 1. The first kappa shape index (κ1) is 17.6. The van der Waals surface area contributed by atoms with Gasteiger partial charge in [-0.25, -0.2) is 4.63 Å². The van der Waals surface area contributed by atoms with Gasteiger partial charge in [-0.2, -0.15) is 0 Å². The number of carbonyl (C=O) groups is 1. The molecule has 1 aromatic carbocycles. The maximum atomic E-state index is 12.6. The van der Waals surface area contributed by atoms with Crippen molar-refractivity contribution in [1.29, 1.82) is 0 Å². The van der Waals surface area contributed by atoms with Crippen LogP contribution in [0.15, 0.2) is 28.9 Å². The molecule has 0 spiro atoms. The topological polar surface area (TPSA) is 88.7 Å². The summed E-state index contributed by atoms with van der Waals surface area (Å²) in [5.41, 5.74) is 2.64. The van der Waals surface area contributed by atoms with Gasteiger partial charge in [-0.15, -0.1) is 0 Å². The summed E-state index contributed by atoms with van der Waals surface area (Å²) in [5, 5.41) is 17.4. The Labute approximate surface area is 146 Å². The largest absolute Gasteiger partial charge is 0.393 e. The minimum Gasteiger partial charge on any atom is -0.393 e. The van der Waals surface area contributed by atoms with Crippen LogP contribution in [-0.4, -0.2) is 58.1 Å². The Morgan fingerprint density at radius 2 is 2.04 bits per heavy atom. The lowest BCUT2D eigenvalue weighted by atomic mass is 9.92. The molecule has 1 atom stereocenters. The van der Waals surface area contributed by atoms with Crippen LogP contribution in [0.3, 0.4) is 0 Å². The lowest BCUT2D eigenvalue weighted by Crippen LogP contribution is -2.57. The van der Waals surface area contributed by atoms with Crippen LogP contribution in [0.2, 0.25) is 0 Å². The van der Waals surface area contributed by atoms with Gasteiger partial charge in [-0.05, 0) is 19.4 Å². The van der Waals surface area contributed by atoms with Gasteiger partial charge in [0.1, 0.15) is 17.0 Å². The summed E-state index contributed by atoms with van der Waals surface area (Å²) in [4.78, 5) is 14.3. The lowest BCUT2D eigenvalue weighted by molar-refractivity contribution is -0.157. The fraction of sp³-hybridized carbons (Fsp3) is 0.500. The average molecular weight is 345 g/mol. The number of aryl methyl sites for hydroxylation is 2. The zero-order valence-electron chi connectivity index (χ0n) is 14.6. The van der Waals surface area contributed by atoms with E-state index in [-0.39, 0.29) is 18.9 Å². The molecule has 2 aromatic rings. The van der Waals surface area contributed by atoms with Crippen LogP contribution in [0.5, 0.6) is 0 Å². The van der Waals surface area contributed by atoms with Crippen molar-refractivity contribution in [3.63, 3.8) is 0 Å². The number of benzene rings is 1. The zero-order chi connectivity index (χ0) is 17.9. The molecule has 1 saturated heterocycles. The van der Waals surface area contributed by atoms with Gasteiger partial charge in [0.05, 0.1) is 26.2 Å². The summed E-state index contributed by atoms with van der Waals surface area (Å²) in [5.74, 6) is -0.0659. The van der Waals surface area contributed by atoms with Gasteiger partial charge in [0.15, 0.2) is 0 Å². The van der Waals surface area contributed by atoms with Crippen LogP contribution in [0.25, 0.3) is 0 Å². The molecule has 1 aliphatic heterocycles. The van der Waals surface area contributed by atoms with Gasteiger partial charge in [0.25, 0.3) is 0 Å². The van der Waals surface area contributed by atoms with E-state index in [1.54, 1.807) is 11.8 Å². The van der Waals surface area contributed by atoms with Crippen molar-refractivity contribution in [2.45, 2.75) is 32.3 Å². The van der Waals surface area contributed by atoms with Crippen molar-refractivity contribution in [3.8, 4) is 0 Å². The zero-order valence-corrected chi connectivity index (χ0v) is 14.6. The van der Waals surface area contributed by atoms with Crippen LogP contribution < -0.4 is 0 Å². The molecule has 1 N–H and O–H groups in total. The van der Waals surface area contributed by atoms with Crippen LogP contribution in [-0.2, 0) is 22.4 Å². The van der Waals surface area contributed by atoms with E-state index in [4.69, 9.17) is 4.74 Å². The molecule has 0 bridgehead atoms. The molecule has 1 aromatic heterocycles. The number of aromatic nitrogens is 2. The Balaban J connectivity index is 1.70. The molecule has 1 amide bonds. The molecule has 134 valence electrons. The lowest BCUT2D eigenvalue weighted by Gasteiger charge is -2.42. The number of hydrogen-bond donors (Lipinski definition) is 1. The number of nitrogens with zero attached hydrogens (tertiary/aromatic N) is 3. The molecule has 7 heteroatoms.